The molecule has 0 radical (unpaired) electrons. The van der Waals surface area contributed by atoms with Gasteiger partial charge in [0.15, 0.2) is 12.3 Å². The highest BCUT2D eigenvalue weighted by molar-refractivity contribution is 4.90. The predicted octanol–water partition coefficient (Wildman–Crippen LogP) is 7.05. The fourth-order valence-corrected chi connectivity index (χ4v) is 6.15. The molecule has 0 heterocycles. The Hall–Kier alpha value is -0.220. The van der Waals surface area contributed by atoms with E-state index in [-0.39, 0.29) is 0 Å². The SMILES string of the molecule is CCCCC1CCC(C2CCC(COC3CCC(OCC)C(F)C3F)CC2)CC1. The molecule has 0 N–H and O–H groups in total. The number of alkyl halides is 2. The second-order valence-corrected chi connectivity index (χ2v) is 10.0. The van der Waals surface area contributed by atoms with Crippen LogP contribution in [0.2, 0.25) is 0 Å². The van der Waals surface area contributed by atoms with E-state index in [1.807, 2.05) is 6.92 Å². The lowest BCUT2D eigenvalue weighted by molar-refractivity contribution is -0.122. The largest absolute Gasteiger partial charge is 0.375 e. The van der Waals surface area contributed by atoms with Crippen LogP contribution in [0, 0.1) is 23.7 Å². The summed E-state index contributed by atoms with van der Waals surface area (Å²) in [5.74, 6) is 3.35. The standard InChI is InChI=1S/C25H44F2O2/c1-3-5-6-18-7-11-20(12-8-18)21-13-9-19(10-14-21)17-29-23-16-15-22(28-4-2)24(26)25(23)27/h18-25H,3-17H2,1-2H3. The molecule has 170 valence electrons. The Kier molecular flexibility index (Phi) is 9.68. The van der Waals surface area contributed by atoms with Crippen LogP contribution in [0.15, 0.2) is 0 Å². The number of hydrogen-bond acceptors (Lipinski definition) is 2. The van der Waals surface area contributed by atoms with Crippen molar-refractivity contribution in [1.29, 1.82) is 0 Å². The summed E-state index contributed by atoms with van der Waals surface area (Å²) in [5.41, 5.74) is 0. The Labute approximate surface area is 177 Å². The van der Waals surface area contributed by atoms with Crippen LogP contribution in [0.4, 0.5) is 8.78 Å². The molecule has 3 aliphatic carbocycles. The summed E-state index contributed by atoms with van der Waals surface area (Å²) in [7, 11) is 0. The summed E-state index contributed by atoms with van der Waals surface area (Å²) in [5, 5.41) is 0. The van der Waals surface area contributed by atoms with Crippen LogP contribution in [0.1, 0.15) is 97.3 Å². The Morgan fingerprint density at radius 3 is 1.69 bits per heavy atom. The van der Waals surface area contributed by atoms with Crippen molar-refractivity contribution in [1.82, 2.24) is 0 Å². The van der Waals surface area contributed by atoms with Gasteiger partial charge in [0.25, 0.3) is 0 Å². The summed E-state index contributed by atoms with van der Waals surface area (Å²) >= 11 is 0. The quantitative estimate of drug-likeness (QED) is 0.402. The molecule has 4 unspecified atom stereocenters. The minimum absolute atomic E-state index is 0.437. The Morgan fingerprint density at radius 1 is 0.655 bits per heavy atom. The number of ether oxygens (including phenoxy) is 2. The first-order valence-corrected chi connectivity index (χ1v) is 12.6. The van der Waals surface area contributed by atoms with Crippen LogP contribution >= 0.6 is 0 Å². The summed E-state index contributed by atoms with van der Waals surface area (Å²) in [6.07, 6.45) is 11.8. The van der Waals surface area contributed by atoms with E-state index >= 15 is 0 Å². The molecule has 0 spiro atoms. The lowest BCUT2D eigenvalue weighted by Crippen LogP contribution is -2.47. The number of unbranched alkanes of at least 4 members (excludes halogenated alkanes) is 1. The molecule has 0 amide bonds. The van der Waals surface area contributed by atoms with Crippen LogP contribution in [-0.4, -0.2) is 37.8 Å². The second kappa shape index (κ2) is 12.0. The maximum absolute atomic E-state index is 14.4. The van der Waals surface area contributed by atoms with Crippen molar-refractivity contribution < 1.29 is 18.3 Å². The van der Waals surface area contributed by atoms with E-state index in [0.29, 0.717) is 32.0 Å². The normalized spacial score (nSPS) is 41.4. The minimum Gasteiger partial charge on any atom is -0.375 e. The molecule has 3 aliphatic rings. The smallest absolute Gasteiger partial charge is 0.160 e. The fourth-order valence-electron chi connectivity index (χ4n) is 6.15. The zero-order valence-electron chi connectivity index (χ0n) is 18.8. The zero-order chi connectivity index (χ0) is 20.6. The summed E-state index contributed by atoms with van der Waals surface area (Å²) in [4.78, 5) is 0. The molecule has 4 heteroatoms. The molecular weight excluding hydrogens is 370 g/mol. The molecule has 0 aromatic carbocycles. The topological polar surface area (TPSA) is 18.5 Å². The van der Waals surface area contributed by atoms with Crippen molar-refractivity contribution >= 4 is 0 Å². The van der Waals surface area contributed by atoms with Gasteiger partial charge in [-0.1, -0.05) is 39.0 Å². The van der Waals surface area contributed by atoms with Gasteiger partial charge in [0.1, 0.15) is 0 Å². The molecule has 3 saturated carbocycles. The van der Waals surface area contributed by atoms with Crippen molar-refractivity contribution in [2.45, 2.75) is 122 Å². The van der Waals surface area contributed by atoms with E-state index in [2.05, 4.69) is 6.92 Å². The van der Waals surface area contributed by atoms with Crippen molar-refractivity contribution in [3.63, 3.8) is 0 Å². The molecule has 3 rings (SSSR count). The molecule has 0 aromatic heterocycles. The highest BCUT2D eigenvalue weighted by Gasteiger charge is 2.42. The molecule has 29 heavy (non-hydrogen) atoms. The third-order valence-electron chi connectivity index (χ3n) is 8.09. The van der Waals surface area contributed by atoms with E-state index in [9.17, 15) is 8.78 Å². The summed E-state index contributed by atoms with van der Waals surface area (Å²) in [6.45, 7) is 5.17. The van der Waals surface area contributed by atoms with E-state index in [0.717, 1.165) is 17.8 Å². The number of hydrogen-bond donors (Lipinski definition) is 0. The molecule has 0 aromatic rings. The summed E-state index contributed by atoms with van der Waals surface area (Å²) < 4.78 is 39.8. The lowest BCUT2D eigenvalue weighted by Gasteiger charge is -2.39. The maximum atomic E-state index is 14.4. The van der Waals surface area contributed by atoms with Gasteiger partial charge in [-0.05, 0) is 82.0 Å². The predicted molar refractivity (Wildman–Crippen MR) is 115 cm³/mol. The van der Waals surface area contributed by atoms with Gasteiger partial charge in [-0.15, -0.1) is 0 Å². The third-order valence-corrected chi connectivity index (χ3v) is 8.09. The van der Waals surface area contributed by atoms with Gasteiger partial charge >= 0.3 is 0 Å². The third kappa shape index (κ3) is 6.63. The highest BCUT2D eigenvalue weighted by atomic mass is 19.2. The van der Waals surface area contributed by atoms with Crippen LogP contribution in [0.3, 0.4) is 0 Å². The van der Waals surface area contributed by atoms with E-state index in [1.165, 1.54) is 70.6 Å². The molecule has 2 nitrogen and oxygen atoms in total. The fraction of sp³-hybridized carbons (Fsp3) is 1.00. The van der Waals surface area contributed by atoms with Crippen LogP contribution in [0.5, 0.6) is 0 Å². The van der Waals surface area contributed by atoms with Crippen LogP contribution < -0.4 is 0 Å². The first kappa shape index (κ1) is 23.4. The summed E-state index contributed by atoms with van der Waals surface area (Å²) in [6, 6.07) is 0. The zero-order valence-corrected chi connectivity index (χ0v) is 18.8. The molecule has 0 bridgehead atoms. The van der Waals surface area contributed by atoms with Crippen LogP contribution in [-0.2, 0) is 9.47 Å². The minimum atomic E-state index is -1.54. The van der Waals surface area contributed by atoms with Crippen molar-refractivity contribution in [2.75, 3.05) is 13.2 Å². The van der Waals surface area contributed by atoms with Gasteiger partial charge in [0.05, 0.1) is 12.2 Å². The Balaban J connectivity index is 1.32. The van der Waals surface area contributed by atoms with Crippen LogP contribution in [0.25, 0.3) is 0 Å². The van der Waals surface area contributed by atoms with E-state index < -0.39 is 24.6 Å². The van der Waals surface area contributed by atoms with E-state index in [4.69, 9.17) is 9.47 Å². The second-order valence-electron chi connectivity index (χ2n) is 10.0. The first-order chi connectivity index (χ1) is 14.1. The average molecular weight is 415 g/mol. The molecule has 0 aliphatic heterocycles. The molecule has 3 fully saturated rings. The van der Waals surface area contributed by atoms with Gasteiger partial charge in [0, 0.05) is 13.2 Å². The number of halogens is 2. The van der Waals surface area contributed by atoms with Gasteiger partial charge in [-0.3, -0.25) is 0 Å². The monoisotopic (exact) mass is 414 g/mol. The molecule has 4 atom stereocenters. The van der Waals surface area contributed by atoms with Gasteiger partial charge < -0.3 is 9.47 Å². The molecule has 0 saturated heterocycles. The average Bonchev–Trinajstić information content (AvgIpc) is 2.76. The Morgan fingerprint density at radius 2 is 1.17 bits per heavy atom. The highest BCUT2D eigenvalue weighted by Crippen LogP contribution is 2.42. The van der Waals surface area contributed by atoms with Gasteiger partial charge in [-0.25, -0.2) is 8.78 Å². The first-order valence-electron chi connectivity index (χ1n) is 12.6. The van der Waals surface area contributed by atoms with Gasteiger partial charge in [0.2, 0.25) is 0 Å². The van der Waals surface area contributed by atoms with Gasteiger partial charge in [-0.2, -0.15) is 0 Å². The number of rotatable bonds is 9. The Bertz CT molecular complexity index is 444. The maximum Gasteiger partial charge on any atom is 0.160 e. The van der Waals surface area contributed by atoms with Crippen molar-refractivity contribution in [3.05, 3.63) is 0 Å². The van der Waals surface area contributed by atoms with Crippen molar-refractivity contribution in [2.24, 2.45) is 23.7 Å². The van der Waals surface area contributed by atoms with E-state index in [1.54, 1.807) is 0 Å². The van der Waals surface area contributed by atoms with Crippen molar-refractivity contribution in [3.8, 4) is 0 Å². The lowest BCUT2D eigenvalue weighted by atomic mass is 9.69. The molecular formula is C25H44F2O2.